The lowest BCUT2D eigenvalue weighted by Crippen LogP contribution is -2.52. The molecule has 0 bridgehead atoms. The summed E-state index contributed by atoms with van der Waals surface area (Å²) in [4.78, 5) is 51.2. The van der Waals surface area contributed by atoms with Crippen molar-refractivity contribution in [3.05, 3.63) is 52.5 Å². The van der Waals surface area contributed by atoms with Crippen LogP contribution < -0.4 is 10.2 Å². The molecule has 1 aromatic heterocycles. The van der Waals surface area contributed by atoms with E-state index >= 15 is 0 Å². The Morgan fingerprint density at radius 3 is 2.35 bits per heavy atom. The van der Waals surface area contributed by atoms with Gasteiger partial charge < -0.3 is 15.1 Å². The molecule has 2 aromatic rings. The van der Waals surface area contributed by atoms with Crippen molar-refractivity contribution >= 4 is 39.7 Å². The van der Waals surface area contributed by atoms with E-state index in [1.165, 1.54) is 24.3 Å². The van der Waals surface area contributed by atoms with Crippen LogP contribution in [0.25, 0.3) is 0 Å². The minimum absolute atomic E-state index is 0.316. The average Bonchev–Trinajstić information content (AvgIpc) is 2.98. The van der Waals surface area contributed by atoms with Gasteiger partial charge >= 0.3 is 6.03 Å². The van der Waals surface area contributed by atoms with Crippen molar-refractivity contribution in [2.24, 2.45) is 0 Å². The molecule has 9 nitrogen and oxygen atoms in total. The fourth-order valence-corrected chi connectivity index (χ4v) is 3.88. The molecule has 31 heavy (non-hydrogen) atoms. The SMILES string of the molecule is CC1(c2ccc(F)cc2)NC(=O)N(CC(=O)N2CCN(c3ncc(Br)cn3)CC2)C1=O. The summed E-state index contributed by atoms with van der Waals surface area (Å²) in [5.74, 6) is -0.717. The highest BCUT2D eigenvalue weighted by atomic mass is 79.9. The van der Waals surface area contributed by atoms with E-state index in [1.54, 1.807) is 24.2 Å². The van der Waals surface area contributed by atoms with Crippen LogP contribution in [-0.4, -0.2) is 70.3 Å². The Kier molecular flexibility index (Phi) is 5.61. The number of aromatic nitrogens is 2. The maximum atomic E-state index is 13.2. The molecular formula is C20H20BrFN6O3. The number of carbonyl (C=O) groups excluding carboxylic acids is 3. The molecule has 11 heteroatoms. The van der Waals surface area contributed by atoms with E-state index in [-0.39, 0.29) is 12.5 Å². The first-order valence-electron chi connectivity index (χ1n) is 9.68. The highest BCUT2D eigenvalue weighted by Crippen LogP contribution is 2.29. The van der Waals surface area contributed by atoms with Crippen molar-refractivity contribution in [2.45, 2.75) is 12.5 Å². The Bertz CT molecular complexity index is 1010. The molecule has 4 amide bonds. The quantitative estimate of drug-likeness (QED) is 0.652. The van der Waals surface area contributed by atoms with Crippen LogP contribution in [0.15, 0.2) is 41.1 Å². The topological polar surface area (TPSA) is 98.7 Å². The van der Waals surface area contributed by atoms with Gasteiger partial charge in [0.15, 0.2) is 0 Å². The van der Waals surface area contributed by atoms with Gasteiger partial charge in [-0.3, -0.25) is 14.5 Å². The van der Waals surface area contributed by atoms with Crippen LogP contribution in [0, 0.1) is 5.82 Å². The summed E-state index contributed by atoms with van der Waals surface area (Å²) in [6, 6.07) is 4.70. The van der Waals surface area contributed by atoms with Crippen LogP contribution in [0.4, 0.5) is 15.1 Å². The summed E-state index contributed by atoms with van der Waals surface area (Å²) in [6.45, 7) is 3.13. The van der Waals surface area contributed by atoms with E-state index in [4.69, 9.17) is 0 Å². The second-order valence-electron chi connectivity index (χ2n) is 7.52. The van der Waals surface area contributed by atoms with Gasteiger partial charge in [-0.1, -0.05) is 12.1 Å². The predicted molar refractivity (Wildman–Crippen MR) is 113 cm³/mol. The van der Waals surface area contributed by atoms with Crippen LogP contribution in [0.3, 0.4) is 0 Å². The lowest BCUT2D eigenvalue weighted by atomic mass is 9.92. The molecule has 1 atom stereocenters. The minimum Gasteiger partial charge on any atom is -0.338 e. The fraction of sp³-hybridized carbons (Fsp3) is 0.350. The summed E-state index contributed by atoms with van der Waals surface area (Å²) in [5.41, 5.74) is -0.895. The molecule has 162 valence electrons. The van der Waals surface area contributed by atoms with E-state index in [2.05, 4.69) is 31.2 Å². The standard InChI is InChI=1S/C20H20BrFN6O3/c1-20(13-2-4-15(22)5-3-13)17(30)28(19(31)25-20)12-16(29)26-6-8-27(9-7-26)18-23-10-14(21)11-24-18/h2-5,10-11H,6-9,12H2,1H3,(H,25,31). The Hall–Kier alpha value is -3.08. The summed E-state index contributed by atoms with van der Waals surface area (Å²) >= 11 is 3.30. The highest BCUT2D eigenvalue weighted by molar-refractivity contribution is 9.10. The third kappa shape index (κ3) is 4.09. The van der Waals surface area contributed by atoms with Crippen molar-refractivity contribution in [3.8, 4) is 0 Å². The zero-order valence-electron chi connectivity index (χ0n) is 16.7. The number of anilines is 1. The van der Waals surface area contributed by atoms with Crippen LogP contribution >= 0.6 is 15.9 Å². The second-order valence-corrected chi connectivity index (χ2v) is 8.44. The lowest BCUT2D eigenvalue weighted by molar-refractivity contribution is -0.139. The van der Waals surface area contributed by atoms with Crippen molar-refractivity contribution in [1.82, 2.24) is 25.1 Å². The first-order valence-corrected chi connectivity index (χ1v) is 10.5. The first-order chi connectivity index (χ1) is 14.8. The number of nitrogens with one attached hydrogen (secondary N) is 1. The average molecular weight is 491 g/mol. The first kappa shape index (κ1) is 21.2. The number of rotatable bonds is 4. The van der Waals surface area contributed by atoms with Gasteiger partial charge in [0.1, 0.15) is 17.9 Å². The van der Waals surface area contributed by atoms with Gasteiger partial charge in [-0.2, -0.15) is 0 Å². The van der Waals surface area contributed by atoms with Gasteiger partial charge in [0, 0.05) is 38.6 Å². The number of halogens is 2. The van der Waals surface area contributed by atoms with Gasteiger partial charge in [-0.05, 0) is 40.5 Å². The monoisotopic (exact) mass is 490 g/mol. The van der Waals surface area contributed by atoms with E-state index < -0.39 is 23.3 Å². The predicted octanol–water partition coefficient (Wildman–Crippen LogP) is 1.49. The molecule has 2 aliphatic heterocycles. The summed E-state index contributed by atoms with van der Waals surface area (Å²) < 4.78 is 14.0. The summed E-state index contributed by atoms with van der Waals surface area (Å²) in [5, 5.41) is 2.62. The Morgan fingerprint density at radius 2 is 1.74 bits per heavy atom. The fourth-order valence-electron chi connectivity index (χ4n) is 3.68. The number of hydrogen-bond acceptors (Lipinski definition) is 6. The molecule has 2 fully saturated rings. The molecule has 0 saturated carbocycles. The van der Waals surface area contributed by atoms with Crippen LogP contribution in [-0.2, 0) is 15.1 Å². The normalized spacial score (nSPS) is 21.5. The van der Waals surface area contributed by atoms with E-state index in [1.807, 2.05) is 4.90 Å². The number of hydrogen-bond donors (Lipinski definition) is 1. The number of urea groups is 1. The Labute approximate surface area is 186 Å². The number of carbonyl (C=O) groups is 3. The van der Waals surface area contributed by atoms with Crippen LogP contribution in [0.1, 0.15) is 12.5 Å². The van der Waals surface area contributed by atoms with Crippen molar-refractivity contribution in [2.75, 3.05) is 37.6 Å². The van der Waals surface area contributed by atoms with Crippen molar-refractivity contribution in [1.29, 1.82) is 0 Å². The molecule has 2 saturated heterocycles. The lowest BCUT2D eigenvalue weighted by Gasteiger charge is -2.35. The van der Waals surface area contributed by atoms with Gasteiger partial charge in [0.05, 0.1) is 4.47 Å². The van der Waals surface area contributed by atoms with Gasteiger partial charge in [0.25, 0.3) is 5.91 Å². The Balaban J connectivity index is 1.38. The van der Waals surface area contributed by atoms with E-state index in [0.717, 1.165) is 9.37 Å². The zero-order valence-corrected chi connectivity index (χ0v) is 18.3. The smallest absolute Gasteiger partial charge is 0.325 e. The molecule has 1 aromatic carbocycles. The largest absolute Gasteiger partial charge is 0.338 e. The number of piperazine rings is 1. The molecule has 2 aliphatic rings. The van der Waals surface area contributed by atoms with Crippen LogP contribution in [0.2, 0.25) is 0 Å². The maximum Gasteiger partial charge on any atom is 0.325 e. The molecule has 0 radical (unpaired) electrons. The number of imide groups is 1. The van der Waals surface area contributed by atoms with Gasteiger partial charge in [-0.15, -0.1) is 0 Å². The summed E-state index contributed by atoms with van der Waals surface area (Å²) in [7, 11) is 0. The second kappa shape index (κ2) is 8.22. The van der Waals surface area contributed by atoms with Gasteiger partial charge in [0.2, 0.25) is 11.9 Å². The third-order valence-corrected chi connectivity index (χ3v) is 5.92. The molecule has 0 aliphatic carbocycles. The Morgan fingerprint density at radius 1 is 1.13 bits per heavy atom. The molecule has 3 heterocycles. The molecule has 1 unspecified atom stereocenters. The minimum atomic E-state index is -1.34. The van der Waals surface area contributed by atoms with Crippen molar-refractivity contribution in [3.63, 3.8) is 0 Å². The van der Waals surface area contributed by atoms with Crippen molar-refractivity contribution < 1.29 is 18.8 Å². The highest BCUT2D eigenvalue weighted by Gasteiger charge is 2.49. The van der Waals surface area contributed by atoms with Gasteiger partial charge in [-0.25, -0.2) is 19.2 Å². The summed E-state index contributed by atoms with van der Waals surface area (Å²) in [6.07, 6.45) is 3.32. The molecular weight excluding hydrogens is 471 g/mol. The number of nitrogens with zero attached hydrogens (tertiary/aromatic N) is 5. The molecule has 1 N–H and O–H groups in total. The number of amides is 4. The maximum absolute atomic E-state index is 13.2. The van der Waals surface area contributed by atoms with E-state index in [9.17, 15) is 18.8 Å². The van der Waals surface area contributed by atoms with E-state index in [0.29, 0.717) is 37.7 Å². The molecule has 4 rings (SSSR count). The van der Waals surface area contributed by atoms with Crippen LogP contribution in [0.5, 0.6) is 0 Å². The zero-order chi connectivity index (χ0) is 22.2. The molecule has 0 spiro atoms. The third-order valence-electron chi connectivity index (χ3n) is 5.51. The number of benzene rings is 1.